The van der Waals surface area contributed by atoms with Crippen LogP contribution in [0.25, 0.3) is 0 Å². The van der Waals surface area contributed by atoms with Crippen LogP contribution in [0.3, 0.4) is 0 Å². The second kappa shape index (κ2) is 5.32. The van der Waals surface area contributed by atoms with Gasteiger partial charge in [0.05, 0.1) is 5.69 Å². The Balaban J connectivity index is 2.53. The molecule has 0 aliphatic carbocycles. The van der Waals surface area contributed by atoms with Crippen molar-refractivity contribution in [3.63, 3.8) is 0 Å². The van der Waals surface area contributed by atoms with Gasteiger partial charge in [0.1, 0.15) is 0 Å². The van der Waals surface area contributed by atoms with Crippen molar-refractivity contribution >= 4 is 11.8 Å². The van der Waals surface area contributed by atoms with Gasteiger partial charge in [-0.05, 0) is 25.2 Å². The van der Waals surface area contributed by atoms with E-state index < -0.39 is 0 Å². The van der Waals surface area contributed by atoms with Gasteiger partial charge < -0.3 is 0 Å². The maximum absolute atomic E-state index is 4.51. The molecule has 3 heteroatoms. The van der Waals surface area contributed by atoms with Gasteiger partial charge in [0, 0.05) is 18.0 Å². The third kappa shape index (κ3) is 3.07. The van der Waals surface area contributed by atoms with Gasteiger partial charge >= 0.3 is 0 Å². The molecule has 0 aliphatic heterocycles. The summed E-state index contributed by atoms with van der Waals surface area (Å²) in [5.41, 5.74) is 1.20. The lowest BCUT2D eigenvalue weighted by Crippen LogP contribution is -2.04. The normalized spacial score (nSPS) is 13.2. The molecule has 13 heavy (non-hydrogen) atoms. The molecule has 0 amide bonds. The highest BCUT2D eigenvalue weighted by atomic mass is 32.2. The Morgan fingerprint density at radius 3 is 2.92 bits per heavy atom. The zero-order valence-electron chi connectivity index (χ0n) is 8.66. The Morgan fingerprint density at radius 1 is 1.54 bits per heavy atom. The van der Waals surface area contributed by atoms with Gasteiger partial charge in [0.2, 0.25) is 0 Å². The van der Waals surface area contributed by atoms with Crippen molar-refractivity contribution in [2.75, 3.05) is 5.75 Å². The first-order valence-electron chi connectivity index (χ1n) is 4.89. The molecule has 1 aromatic heterocycles. The number of rotatable bonds is 5. The van der Waals surface area contributed by atoms with Gasteiger partial charge in [-0.2, -0.15) is 16.9 Å². The van der Waals surface area contributed by atoms with E-state index >= 15 is 0 Å². The molecule has 1 atom stereocenters. The summed E-state index contributed by atoms with van der Waals surface area (Å²) in [7, 11) is 0. The Labute approximate surface area is 84.7 Å². The average molecular weight is 198 g/mol. The molecular weight excluding hydrogens is 180 g/mol. The van der Waals surface area contributed by atoms with Crippen molar-refractivity contribution in [3.8, 4) is 0 Å². The minimum absolute atomic E-state index is 0.528. The average Bonchev–Trinajstić information content (AvgIpc) is 2.62. The zero-order valence-corrected chi connectivity index (χ0v) is 9.47. The SMILES string of the molecule is CCSCc1ccn(C(C)CC)n1. The molecule has 0 saturated carbocycles. The van der Waals surface area contributed by atoms with E-state index in [1.807, 2.05) is 11.8 Å². The molecule has 0 aromatic carbocycles. The lowest BCUT2D eigenvalue weighted by Gasteiger charge is -2.07. The minimum Gasteiger partial charge on any atom is -0.270 e. The summed E-state index contributed by atoms with van der Waals surface area (Å²) in [5.74, 6) is 2.20. The van der Waals surface area contributed by atoms with Crippen molar-refractivity contribution in [2.45, 2.75) is 39.0 Å². The van der Waals surface area contributed by atoms with Crippen LogP contribution >= 0.6 is 11.8 Å². The maximum atomic E-state index is 4.51. The molecule has 0 N–H and O–H groups in total. The van der Waals surface area contributed by atoms with Crippen LogP contribution < -0.4 is 0 Å². The van der Waals surface area contributed by atoms with E-state index in [1.165, 1.54) is 5.69 Å². The fraction of sp³-hybridized carbons (Fsp3) is 0.700. The molecule has 0 bridgehead atoms. The molecule has 74 valence electrons. The molecule has 1 rings (SSSR count). The largest absolute Gasteiger partial charge is 0.270 e. The standard InChI is InChI=1S/C10H18N2S/c1-4-9(3)12-7-6-10(11-12)8-13-5-2/h6-7,9H,4-5,8H2,1-3H3. The molecule has 1 unspecified atom stereocenters. The van der Waals surface area contributed by atoms with E-state index in [2.05, 4.69) is 42.8 Å². The van der Waals surface area contributed by atoms with Crippen LogP contribution in [0.1, 0.15) is 38.9 Å². The third-order valence-electron chi connectivity index (χ3n) is 2.16. The highest BCUT2D eigenvalue weighted by Crippen LogP contribution is 2.13. The Bertz CT molecular complexity index is 245. The second-order valence-electron chi connectivity index (χ2n) is 3.18. The highest BCUT2D eigenvalue weighted by molar-refractivity contribution is 7.98. The lowest BCUT2D eigenvalue weighted by molar-refractivity contribution is 0.475. The van der Waals surface area contributed by atoms with Crippen molar-refractivity contribution in [1.82, 2.24) is 9.78 Å². The van der Waals surface area contributed by atoms with Gasteiger partial charge in [0.15, 0.2) is 0 Å². The van der Waals surface area contributed by atoms with Gasteiger partial charge in [-0.1, -0.05) is 13.8 Å². The van der Waals surface area contributed by atoms with Gasteiger partial charge in [-0.25, -0.2) is 0 Å². The number of thioether (sulfide) groups is 1. The summed E-state index contributed by atoms with van der Waals surface area (Å²) in [4.78, 5) is 0. The lowest BCUT2D eigenvalue weighted by atomic mass is 10.3. The molecule has 0 radical (unpaired) electrons. The van der Waals surface area contributed by atoms with Crippen LogP contribution in [0.15, 0.2) is 12.3 Å². The number of nitrogens with zero attached hydrogens (tertiary/aromatic N) is 2. The van der Waals surface area contributed by atoms with Crippen LogP contribution in [0.5, 0.6) is 0 Å². The maximum Gasteiger partial charge on any atom is 0.0723 e. The molecule has 1 heterocycles. The van der Waals surface area contributed by atoms with E-state index in [-0.39, 0.29) is 0 Å². The minimum atomic E-state index is 0.528. The van der Waals surface area contributed by atoms with E-state index in [4.69, 9.17) is 0 Å². The molecule has 0 spiro atoms. The van der Waals surface area contributed by atoms with E-state index in [0.29, 0.717) is 6.04 Å². The number of hydrogen-bond donors (Lipinski definition) is 0. The van der Waals surface area contributed by atoms with Crippen molar-refractivity contribution in [1.29, 1.82) is 0 Å². The van der Waals surface area contributed by atoms with E-state index in [0.717, 1.165) is 17.9 Å². The van der Waals surface area contributed by atoms with E-state index in [9.17, 15) is 0 Å². The molecule has 1 aromatic rings. The Kier molecular flexibility index (Phi) is 4.36. The molecule has 0 saturated heterocycles. The second-order valence-corrected chi connectivity index (χ2v) is 4.46. The number of hydrogen-bond acceptors (Lipinski definition) is 2. The first kappa shape index (κ1) is 10.6. The van der Waals surface area contributed by atoms with Crippen LogP contribution in [-0.4, -0.2) is 15.5 Å². The van der Waals surface area contributed by atoms with E-state index in [1.54, 1.807) is 0 Å². The molecular formula is C10H18N2S. The van der Waals surface area contributed by atoms with Gasteiger partial charge in [0.25, 0.3) is 0 Å². The van der Waals surface area contributed by atoms with Crippen LogP contribution in [0.4, 0.5) is 0 Å². The fourth-order valence-corrected chi connectivity index (χ4v) is 1.66. The van der Waals surface area contributed by atoms with Gasteiger partial charge in [-0.3, -0.25) is 4.68 Å². The third-order valence-corrected chi connectivity index (χ3v) is 3.07. The van der Waals surface area contributed by atoms with Crippen molar-refractivity contribution in [3.05, 3.63) is 18.0 Å². The summed E-state index contributed by atoms with van der Waals surface area (Å²) in [5, 5.41) is 4.51. The monoisotopic (exact) mass is 198 g/mol. The van der Waals surface area contributed by atoms with Crippen molar-refractivity contribution < 1.29 is 0 Å². The van der Waals surface area contributed by atoms with Crippen LogP contribution in [-0.2, 0) is 5.75 Å². The number of aromatic nitrogens is 2. The summed E-state index contributed by atoms with van der Waals surface area (Å²) >= 11 is 1.92. The predicted octanol–water partition coefficient (Wildman–Crippen LogP) is 3.11. The summed E-state index contributed by atoms with van der Waals surface area (Å²) in [6.45, 7) is 6.56. The first-order valence-corrected chi connectivity index (χ1v) is 6.05. The fourth-order valence-electron chi connectivity index (χ4n) is 1.09. The summed E-state index contributed by atoms with van der Waals surface area (Å²) in [6.07, 6.45) is 3.22. The van der Waals surface area contributed by atoms with Gasteiger partial charge in [-0.15, -0.1) is 0 Å². The summed E-state index contributed by atoms with van der Waals surface area (Å²) < 4.78 is 2.06. The smallest absolute Gasteiger partial charge is 0.0723 e. The molecule has 2 nitrogen and oxygen atoms in total. The quantitative estimate of drug-likeness (QED) is 0.723. The highest BCUT2D eigenvalue weighted by Gasteiger charge is 2.03. The summed E-state index contributed by atoms with van der Waals surface area (Å²) in [6, 6.07) is 2.65. The first-order chi connectivity index (χ1) is 6.27. The molecule has 0 aliphatic rings. The zero-order chi connectivity index (χ0) is 9.68. The Hall–Kier alpha value is -0.440. The van der Waals surface area contributed by atoms with Crippen molar-refractivity contribution in [2.24, 2.45) is 0 Å². The molecule has 0 fully saturated rings. The van der Waals surface area contributed by atoms with Crippen LogP contribution in [0.2, 0.25) is 0 Å². The predicted molar refractivity (Wildman–Crippen MR) is 59.1 cm³/mol. The topological polar surface area (TPSA) is 17.8 Å². The Morgan fingerprint density at radius 2 is 2.31 bits per heavy atom. The van der Waals surface area contributed by atoms with Crippen LogP contribution in [0, 0.1) is 0 Å².